The predicted octanol–water partition coefficient (Wildman–Crippen LogP) is 6.55. The summed E-state index contributed by atoms with van der Waals surface area (Å²) in [5, 5.41) is 12.0. The zero-order chi connectivity index (χ0) is 24.2. The second-order valence-corrected chi connectivity index (χ2v) is 16.9. The summed E-state index contributed by atoms with van der Waals surface area (Å²) in [4.78, 5) is 0. The fourth-order valence-electron chi connectivity index (χ4n) is 8.96. The van der Waals surface area contributed by atoms with Gasteiger partial charge in [0, 0.05) is 17.8 Å². The van der Waals surface area contributed by atoms with Gasteiger partial charge in [-0.3, -0.25) is 0 Å². The Bertz CT molecular complexity index is 734. The molecule has 0 unspecified atom stereocenters. The van der Waals surface area contributed by atoms with Gasteiger partial charge in [0.15, 0.2) is 14.1 Å². The molecule has 1 spiro atoms. The van der Waals surface area contributed by atoms with Gasteiger partial charge in [-0.05, 0) is 73.1 Å². The maximum absolute atomic E-state index is 12.0. The van der Waals surface area contributed by atoms with Gasteiger partial charge < -0.3 is 19.0 Å². The Balaban J connectivity index is 1.89. The summed E-state index contributed by atoms with van der Waals surface area (Å²) in [7, 11) is -1.83. The minimum absolute atomic E-state index is 0.0563. The largest absolute Gasteiger partial charge is 0.410 e. The molecule has 5 heteroatoms. The topological polar surface area (TPSA) is 47.9 Å². The molecule has 0 aromatic rings. The summed E-state index contributed by atoms with van der Waals surface area (Å²) in [5.74, 6) is 0.996. The first-order valence-corrected chi connectivity index (χ1v) is 16.4. The number of aliphatic hydroxyl groups excluding tert-OH is 1. The van der Waals surface area contributed by atoms with Crippen LogP contribution in [0, 0.1) is 34.5 Å². The van der Waals surface area contributed by atoms with E-state index in [-0.39, 0.29) is 22.9 Å². The van der Waals surface area contributed by atoms with Crippen molar-refractivity contribution in [1.29, 1.82) is 0 Å². The molecule has 0 aromatic carbocycles. The molecular formula is C28H50O4Si. The van der Waals surface area contributed by atoms with Crippen molar-refractivity contribution in [1.82, 2.24) is 0 Å². The average Bonchev–Trinajstić information content (AvgIpc) is 3.42. The third kappa shape index (κ3) is 3.58. The molecule has 0 aromatic heterocycles. The highest BCUT2D eigenvalue weighted by Crippen LogP contribution is 2.72. The predicted molar refractivity (Wildman–Crippen MR) is 136 cm³/mol. The van der Waals surface area contributed by atoms with Gasteiger partial charge in [-0.25, -0.2) is 0 Å². The van der Waals surface area contributed by atoms with E-state index in [2.05, 4.69) is 61.5 Å². The minimum Gasteiger partial charge on any atom is -0.410 e. The van der Waals surface area contributed by atoms with Crippen LogP contribution in [0.25, 0.3) is 0 Å². The van der Waals surface area contributed by atoms with E-state index in [4.69, 9.17) is 13.9 Å². The first kappa shape index (κ1) is 25.9. The van der Waals surface area contributed by atoms with Crippen LogP contribution in [-0.2, 0) is 13.9 Å². The Hall–Kier alpha value is -0.203. The highest BCUT2D eigenvalue weighted by atomic mass is 28.4. The van der Waals surface area contributed by atoms with Crippen molar-refractivity contribution in [3.8, 4) is 0 Å². The number of hydrogen-bond acceptors (Lipinski definition) is 4. The van der Waals surface area contributed by atoms with E-state index >= 15 is 0 Å². The molecule has 8 atom stereocenters. The Morgan fingerprint density at radius 3 is 2.18 bits per heavy atom. The molecule has 0 amide bonds. The molecule has 1 aliphatic heterocycles. The van der Waals surface area contributed by atoms with Crippen molar-refractivity contribution in [2.24, 2.45) is 34.5 Å². The van der Waals surface area contributed by atoms with Crippen LogP contribution in [0.4, 0.5) is 0 Å². The third-order valence-electron chi connectivity index (χ3n) is 11.4. The molecule has 4 rings (SSSR count). The monoisotopic (exact) mass is 478 g/mol. The lowest BCUT2D eigenvalue weighted by Crippen LogP contribution is -2.65. The molecule has 190 valence electrons. The van der Waals surface area contributed by atoms with Crippen molar-refractivity contribution in [2.45, 2.75) is 117 Å². The lowest BCUT2D eigenvalue weighted by Gasteiger charge is -2.64. The van der Waals surface area contributed by atoms with Gasteiger partial charge in [-0.1, -0.05) is 54.5 Å². The Morgan fingerprint density at radius 1 is 1.03 bits per heavy atom. The lowest BCUT2D eigenvalue weighted by molar-refractivity contribution is -0.278. The molecule has 2 bridgehead atoms. The minimum atomic E-state index is -1.83. The highest BCUT2D eigenvalue weighted by Gasteiger charge is 2.73. The standard InChI is InChI=1S/C28H50O4Si/c1-9-22-17-23(29)26(8)20(6)19(5)18-27(13-14-28(25(26)27)30-15-16-31-28)21(7)24(22)32-33(10-2,11-3)12-4/h9,19-21,23-25,29H,10-18H2,1-8H3/b22-9-/t19-,20+,21-,23-,24-,25-,26-,27+/m0/s1. The second-order valence-electron chi connectivity index (χ2n) is 12.2. The summed E-state index contributed by atoms with van der Waals surface area (Å²) < 4.78 is 20.4. The van der Waals surface area contributed by atoms with Crippen molar-refractivity contribution >= 4 is 8.32 Å². The molecule has 4 fully saturated rings. The highest BCUT2D eigenvalue weighted by molar-refractivity contribution is 6.73. The SMILES string of the molecule is C/C=C1/C[C@H](O)[C@]2(C)[C@H](C)[C@@H](C)C[C@]3(CCC4(OCCO4)[C@H]32)[C@@H](C)[C@@H]1O[Si](CC)(CC)CC. The fourth-order valence-corrected chi connectivity index (χ4v) is 11.9. The van der Waals surface area contributed by atoms with Crippen LogP contribution < -0.4 is 0 Å². The molecule has 4 aliphatic rings. The van der Waals surface area contributed by atoms with E-state index in [9.17, 15) is 5.11 Å². The molecule has 33 heavy (non-hydrogen) atoms. The van der Waals surface area contributed by atoms with E-state index in [0.29, 0.717) is 37.4 Å². The summed E-state index contributed by atoms with van der Waals surface area (Å²) in [6, 6.07) is 3.46. The van der Waals surface area contributed by atoms with E-state index < -0.39 is 20.2 Å². The van der Waals surface area contributed by atoms with Crippen molar-refractivity contribution < 1.29 is 19.0 Å². The van der Waals surface area contributed by atoms with E-state index in [1.54, 1.807) is 0 Å². The molecule has 0 radical (unpaired) electrons. The third-order valence-corrected chi connectivity index (χ3v) is 16.1. The van der Waals surface area contributed by atoms with Gasteiger partial charge in [0.05, 0.1) is 25.4 Å². The molecule has 3 saturated carbocycles. The van der Waals surface area contributed by atoms with E-state index in [1.807, 2.05) is 0 Å². The van der Waals surface area contributed by atoms with Crippen molar-refractivity contribution in [3.63, 3.8) is 0 Å². The molecule has 1 heterocycles. The van der Waals surface area contributed by atoms with Crippen LogP contribution in [0.3, 0.4) is 0 Å². The van der Waals surface area contributed by atoms with Crippen LogP contribution in [-0.4, -0.2) is 44.6 Å². The number of aliphatic hydroxyl groups is 1. The smallest absolute Gasteiger partial charge is 0.192 e. The molecule has 3 aliphatic carbocycles. The summed E-state index contributed by atoms with van der Waals surface area (Å²) >= 11 is 0. The van der Waals surface area contributed by atoms with Gasteiger partial charge >= 0.3 is 0 Å². The molecule has 1 saturated heterocycles. The maximum atomic E-state index is 12.0. The van der Waals surface area contributed by atoms with Crippen LogP contribution >= 0.6 is 0 Å². The first-order valence-electron chi connectivity index (χ1n) is 13.9. The normalized spacial score (nSPS) is 46.4. The van der Waals surface area contributed by atoms with Crippen LogP contribution in [0.5, 0.6) is 0 Å². The molecular weight excluding hydrogens is 428 g/mol. The average molecular weight is 479 g/mol. The fraction of sp³-hybridized carbons (Fsp3) is 0.929. The van der Waals surface area contributed by atoms with Crippen molar-refractivity contribution in [2.75, 3.05) is 13.2 Å². The quantitative estimate of drug-likeness (QED) is 0.360. The Morgan fingerprint density at radius 2 is 1.64 bits per heavy atom. The van der Waals surface area contributed by atoms with Crippen LogP contribution in [0.15, 0.2) is 11.6 Å². The van der Waals surface area contributed by atoms with Gasteiger partial charge in [-0.2, -0.15) is 0 Å². The molecule has 4 nitrogen and oxygen atoms in total. The number of hydrogen-bond donors (Lipinski definition) is 1. The zero-order valence-electron chi connectivity index (χ0n) is 22.6. The van der Waals surface area contributed by atoms with Gasteiger partial charge in [-0.15, -0.1) is 0 Å². The zero-order valence-corrected chi connectivity index (χ0v) is 23.6. The van der Waals surface area contributed by atoms with Crippen molar-refractivity contribution in [3.05, 3.63) is 11.6 Å². The van der Waals surface area contributed by atoms with Gasteiger partial charge in [0.25, 0.3) is 0 Å². The summed E-state index contributed by atoms with van der Waals surface area (Å²) in [6.45, 7) is 20.1. The summed E-state index contributed by atoms with van der Waals surface area (Å²) in [5.41, 5.74) is 1.13. The van der Waals surface area contributed by atoms with Gasteiger partial charge in [0.1, 0.15) is 0 Å². The maximum Gasteiger partial charge on any atom is 0.192 e. The first-order chi connectivity index (χ1) is 15.6. The Labute approximate surface area is 204 Å². The van der Waals surface area contributed by atoms with E-state index in [1.165, 1.54) is 12.0 Å². The lowest BCUT2D eigenvalue weighted by atomic mass is 9.43. The van der Waals surface area contributed by atoms with Gasteiger partial charge in [0.2, 0.25) is 0 Å². The Kier molecular flexibility index (Phi) is 7.08. The van der Waals surface area contributed by atoms with Crippen LogP contribution in [0.2, 0.25) is 18.1 Å². The number of ether oxygens (including phenoxy) is 2. The van der Waals surface area contributed by atoms with E-state index in [0.717, 1.165) is 31.0 Å². The number of allylic oxidation sites excluding steroid dienone is 1. The number of rotatable bonds is 5. The summed E-state index contributed by atoms with van der Waals surface area (Å²) in [6.07, 6.45) is 5.85. The van der Waals surface area contributed by atoms with Crippen LogP contribution in [0.1, 0.15) is 81.1 Å². The second kappa shape index (κ2) is 9.03. The molecule has 1 N–H and O–H groups in total.